The molecule has 4 rings (SSSR count). The molecule has 0 aliphatic carbocycles. The van der Waals surface area contributed by atoms with Crippen LogP contribution in [0.25, 0.3) is 10.2 Å². The molecule has 0 bridgehead atoms. The van der Waals surface area contributed by atoms with Gasteiger partial charge in [-0.1, -0.05) is 53.8 Å². The highest BCUT2D eigenvalue weighted by molar-refractivity contribution is 7.16. The van der Waals surface area contributed by atoms with Crippen LogP contribution < -0.4 is 4.80 Å². The summed E-state index contributed by atoms with van der Waals surface area (Å²) in [6.45, 7) is 1.01. The summed E-state index contributed by atoms with van der Waals surface area (Å²) in [6, 6.07) is 23.1. The van der Waals surface area contributed by atoms with Crippen LogP contribution in [0.1, 0.15) is 31.8 Å². The Balaban J connectivity index is 1.65. The van der Waals surface area contributed by atoms with Crippen molar-refractivity contribution in [3.05, 3.63) is 99.9 Å². The molecule has 1 heterocycles. The first-order valence-electron chi connectivity index (χ1n) is 10.5. The van der Waals surface area contributed by atoms with E-state index in [1.165, 1.54) is 24.0 Å². The lowest BCUT2D eigenvalue weighted by Gasteiger charge is -2.05. The molecule has 0 atom stereocenters. The summed E-state index contributed by atoms with van der Waals surface area (Å²) >= 11 is 1.36. The van der Waals surface area contributed by atoms with Crippen LogP contribution in [0.5, 0.6) is 0 Å². The van der Waals surface area contributed by atoms with E-state index in [0.717, 1.165) is 22.2 Å². The fraction of sp³-hybridized carbons (Fsp3) is 0.192. The number of esters is 1. The first-order chi connectivity index (χ1) is 16.1. The van der Waals surface area contributed by atoms with E-state index in [0.29, 0.717) is 29.1 Å². The quantitative estimate of drug-likeness (QED) is 0.382. The molecule has 0 aliphatic rings. The monoisotopic (exact) mass is 460 g/mol. The van der Waals surface area contributed by atoms with Crippen LogP contribution in [0, 0.1) is 0 Å². The molecule has 0 spiro atoms. The predicted octanol–water partition coefficient (Wildman–Crippen LogP) is 4.47. The Kier molecular flexibility index (Phi) is 7.12. The lowest BCUT2D eigenvalue weighted by atomic mass is 10.0. The maximum atomic E-state index is 12.9. The van der Waals surface area contributed by atoms with Gasteiger partial charge in [0.25, 0.3) is 5.91 Å². The van der Waals surface area contributed by atoms with Gasteiger partial charge in [-0.3, -0.25) is 4.79 Å². The number of amides is 1. The molecule has 33 heavy (non-hydrogen) atoms. The third kappa shape index (κ3) is 5.27. The van der Waals surface area contributed by atoms with E-state index in [2.05, 4.69) is 17.1 Å². The number of hydrogen-bond acceptors (Lipinski definition) is 5. The van der Waals surface area contributed by atoms with Crippen molar-refractivity contribution in [2.75, 3.05) is 20.8 Å². The molecule has 0 radical (unpaired) electrons. The zero-order valence-corrected chi connectivity index (χ0v) is 19.3. The minimum absolute atomic E-state index is 0.313. The Morgan fingerprint density at radius 1 is 0.909 bits per heavy atom. The van der Waals surface area contributed by atoms with Crippen molar-refractivity contribution in [1.29, 1.82) is 0 Å². The summed E-state index contributed by atoms with van der Waals surface area (Å²) < 4.78 is 12.8. The average molecular weight is 461 g/mol. The number of benzene rings is 3. The van der Waals surface area contributed by atoms with E-state index in [4.69, 9.17) is 9.47 Å². The van der Waals surface area contributed by atoms with Crippen LogP contribution in [-0.2, 0) is 22.4 Å². The fourth-order valence-corrected chi connectivity index (χ4v) is 4.64. The highest BCUT2D eigenvalue weighted by atomic mass is 32.1. The van der Waals surface area contributed by atoms with E-state index in [1.54, 1.807) is 19.2 Å². The summed E-state index contributed by atoms with van der Waals surface area (Å²) in [7, 11) is 2.98. The van der Waals surface area contributed by atoms with E-state index in [-0.39, 0.29) is 5.91 Å². The number of methoxy groups -OCH3 is 2. The summed E-state index contributed by atoms with van der Waals surface area (Å²) in [4.78, 5) is 29.8. The molecule has 0 fully saturated rings. The molecule has 0 unspecified atom stereocenters. The number of nitrogens with zero attached hydrogens (tertiary/aromatic N) is 2. The Morgan fingerprint density at radius 2 is 1.61 bits per heavy atom. The number of hydrogen-bond donors (Lipinski definition) is 0. The van der Waals surface area contributed by atoms with Gasteiger partial charge in [-0.2, -0.15) is 4.99 Å². The molecule has 3 aromatic carbocycles. The zero-order chi connectivity index (χ0) is 23.2. The van der Waals surface area contributed by atoms with Gasteiger partial charge in [0.15, 0.2) is 4.80 Å². The molecular weight excluding hydrogens is 436 g/mol. The van der Waals surface area contributed by atoms with Crippen LogP contribution >= 0.6 is 11.3 Å². The summed E-state index contributed by atoms with van der Waals surface area (Å²) in [6.07, 6.45) is 0.808. The average Bonchev–Trinajstić information content (AvgIpc) is 3.19. The van der Waals surface area contributed by atoms with Gasteiger partial charge in [-0.25, -0.2) is 4.79 Å². The molecule has 6 nitrogen and oxygen atoms in total. The standard InChI is InChI=1S/C26H24N2O4S/c1-31-15-14-28-22-13-12-21(25(30)32-2)17-23(22)33-26(28)27-24(29)20-10-8-19(9-11-20)16-18-6-4-3-5-7-18/h3-13,17H,14-16H2,1-2H3. The number of rotatable bonds is 7. The smallest absolute Gasteiger partial charge is 0.337 e. The second kappa shape index (κ2) is 10.4. The van der Waals surface area contributed by atoms with E-state index < -0.39 is 5.97 Å². The zero-order valence-electron chi connectivity index (χ0n) is 18.5. The first-order valence-corrected chi connectivity index (χ1v) is 11.3. The minimum Gasteiger partial charge on any atom is -0.465 e. The van der Waals surface area contributed by atoms with Crippen molar-refractivity contribution in [1.82, 2.24) is 4.57 Å². The normalized spacial score (nSPS) is 11.6. The van der Waals surface area contributed by atoms with Crippen LogP contribution in [0.4, 0.5) is 0 Å². The number of carbonyl (C=O) groups excluding carboxylic acids is 2. The third-order valence-corrected chi connectivity index (χ3v) is 6.31. The maximum absolute atomic E-state index is 12.9. The highest BCUT2D eigenvalue weighted by Crippen LogP contribution is 2.20. The minimum atomic E-state index is -0.404. The van der Waals surface area contributed by atoms with Gasteiger partial charge in [0.2, 0.25) is 0 Å². The SMILES string of the molecule is COCCn1c(=NC(=O)c2ccc(Cc3ccccc3)cc2)sc2cc(C(=O)OC)ccc21. The van der Waals surface area contributed by atoms with Gasteiger partial charge in [0.1, 0.15) is 0 Å². The van der Waals surface area contributed by atoms with Crippen LogP contribution in [-0.4, -0.2) is 37.3 Å². The second-order valence-electron chi connectivity index (χ2n) is 7.48. The van der Waals surface area contributed by atoms with E-state index >= 15 is 0 Å². The van der Waals surface area contributed by atoms with Crippen molar-refractivity contribution in [3.8, 4) is 0 Å². The fourth-order valence-electron chi connectivity index (χ4n) is 3.55. The van der Waals surface area contributed by atoms with Crippen LogP contribution in [0.3, 0.4) is 0 Å². The van der Waals surface area contributed by atoms with Crippen molar-refractivity contribution < 1.29 is 19.1 Å². The van der Waals surface area contributed by atoms with Gasteiger partial charge >= 0.3 is 5.97 Å². The largest absolute Gasteiger partial charge is 0.465 e. The summed E-state index contributed by atoms with van der Waals surface area (Å²) in [5.74, 6) is -0.717. The van der Waals surface area contributed by atoms with Gasteiger partial charge in [0, 0.05) is 19.2 Å². The predicted molar refractivity (Wildman–Crippen MR) is 129 cm³/mol. The number of thiazole rings is 1. The van der Waals surface area contributed by atoms with Gasteiger partial charge in [0.05, 0.1) is 29.5 Å². The Bertz CT molecular complexity index is 1340. The number of ether oxygens (including phenoxy) is 2. The van der Waals surface area contributed by atoms with E-state index in [9.17, 15) is 9.59 Å². The lowest BCUT2D eigenvalue weighted by molar-refractivity contribution is 0.0600. The topological polar surface area (TPSA) is 69.9 Å². The van der Waals surface area contributed by atoms with Crippen molar-refractivity contribution in [2.24, 2.45) is 4.99 Å². The van der Waals surface area contributed by atoms with Gasteiger partial charge in [-0.15, -0.1) is 0 Å². The number of carbonyl (C=O) groups is 2. The van der Waals surface area contributed by atoms with Crippen molar-refractivity contribution >= 4 is 33.4 Å². The molecule has 4 aromatic rings. The Hall–Kier alpha value is -3.55. The van der Waals surface area contributed by atoms with Gasteiger partial charge < -0.3 is 14.0 Å². The molecule has 1 amide bonds. The molecule has 0 aliphatic heterocycles. The highest BCUT2D eigenvalue weighted by Gasteiger charge is 2.13. The Labute approximate surface area is 195 Å². The Morgan fingerprint density at radius 3 is 2.30 bits per heavy atom. The van der Waals surface area contributed by atoms with Gasteiger partial charge in [-0.05, 0) is 47.9 Å². The van der Waals surface area contributed by atoms with Crippen molar-refractivity contribution in [2.45, 2.75) is 13.0 Å². The lowest BCUT2D eigenvalue weighted by Crippen LogP contribution is -2.19. The van der Waals surface area contributed by atoms with Crippen LogP contribution in [0.15, 0.2) is 77.8 Å². The third-order valence-electron chi connectivity index (χ3n) is 5.27. The molecule has 0 N–H and O–H groups in total. The summed E-state index contributed by atoms with van der Waals surface area (Å²) in [5.41, 5.74) is 4.21. The second-order valence-corrected chi connectivity index (χ2v) is 8.49. The van der Waals surface area contributed by atoms with Crippen LogP contribution in [0.2, 0.25) is 0 Å². The molecule has 7 heteroatoms. The molecule has 1 aromatic heterocycles. The molecule has 168 valence electrons. The molecular formula is C26H24N2O4S. The number of aromatic nitrogens is 1. The summed E-state index contributed by atoms with van der Waals surface area (Å²) in [5, 5.41) is 0. The van der Waals surface area contributed by atoms with Crippen molar-refractivity contribution in [3.63, 3.8) is 0 Å². The van der Waals surface area contributed by atoms with E-state index in [1.807, 2.05) is 53.1 Å². The number of fused-ring (bicyclic) bond motifs is 1. The maximum Gasteiger partial charge on any atom is 0.337 e. The molecule has 0 saturated heterocycles. The first kappa shape index (κ1) is 22.6. The molecule has 0 saturated carbocycles.